The van der Waals surface area contributed by atoms with Crippen molar-refractivity contribution < 1.29 is 4.39 Å². The van der Waals surface area contributed by atoms with Gasteiger partial charge in [-0.25, -0.2) is 9.18 Å². The summed E-state index contributed by atoms with van der Waals surface area (Å²) in [4.78, 5) is 26.1. The standard InChI is InChI=1S/C23H19FN2O2/c24-19-10-6-9-18(15-19)16-26-21-12-5-4-11-20(21)22(27)25(23(26)28)14-13-17-7-2-1-3-8-17/h1-12,15H,13-14,16H2. The third-order valence-corrected chi connectivity index (χ3v) is 4.83. The molecular weight excluding hydrogens is 355 g/mol. The molecule has 1 heterocycles. The average molecular weight is 374 g/mol. The lowest BCUT2D eigenvalue weighted by atomic mass is 10.1. The molecule has 140 valence electrons. The van der Waals surface area contributed by atoms with Crippen molar-refractivity contribution in [2.75, 3.05) is 0 Å². The largest absolute Gasteiger partial charge is 0.331 e. The van der Waals surface area contributed by atoms with Gasteiger partial charge < -0.3 is 0 Å². The van der Waals surface area contributed by atoms with Gasteiger partial charge in [-0.1, -0.05) is 54.6 Å². The second-order valence-electron chi connectivity index (χ2n) is 6.71. The first-order valence-electron chi connectivity index (χ1n) is 9.14. The fourth-order valence-electron chi connectivity index (χ4n) is 3.42. The summed E-state index contributed by atoms with van der Waals surface area (Å²) in [6.07, 6.45) is 0.578. The van der Waals surface area contributed by atoms with Gasteiger partial charge in [-0.2, -0.15) is 0 Å². The molecule has 28 heavy (non-hydrogen) atoms. The van der Waals surface area contributed by atoms with Crippen LogP contribution in [0.25, 0.3) is 10.9 Å². The predicted octanol–water partition coefficient (Wildman–Crippen LogP) is 3.59. The third kappa shape index (κ3) is 3.51. The smallest absolute Gasteiger partial charge is 0.289 e. The number of nitrogens with zero attached hydrogens (tertiary/aromatic N) is 2. The third-order valence-electron chi connectivity index (χ3n) is 4.83. The molecule has 4 aromatic rings. The Morgan fingerprint density at radius 2 is 1.46 bits per heavy atom. The van der Waals surface area contributed by atoms with E-state index in [9.17, 15) is 14.0 Å². The van der Waals surface area contributed by atoms with Crippen LogP contribution in [-0.4, -0.2) is 9.13 Å². The number of hydrogen-bond donors (Lipinski definition) is 0. The zero-order valence-corrected chi connectivity index (χ0v) is 15.2. The van der Waals surface area contributed by atoms with Gasteiger partial charge >= 0.3 is 5.69 Å². The molecule has 5 heteroatoms. The van der Waals surface area contributed by atoms with Gasteiger partial charge in [0.25, 0.3) is 5.56 Å². The lowest BCUT2D eigenvalue weighted by molar-refractivity contribution is 0.586. The van der Waals surface area contributed by atoms with Crippen LogP contribution in [0.4, 0.5) is 4.39 Å². The maximum atomic E-state index is 13.6. The van der Waals surface area contributed by atoms with Gasteiger partial charge in [0.1, 0.15) is 5.82 Å². The Balaban J connectivity index is 1.81. The molecule has 0 spiro atoms. The minimum atomic E-state index is -0.385. The first-order valence-corrected chi connectivity index (χ1v) is 9.14. The average Bonchev–Trinajstić information content (AvgIpc) is 2.72. The van der Waals surface area contributed by atoms with Gasteiger partial charge in [-0.15, -0.1) is 0 Å². The van der Waals surface area contributed by atoms with Crippen LogP contribution >= 0.6 is 0 Å². The second kappa shape index (κ2) is 7.64. The molecule has 0 unspecified atom stereocenters. The van der Waals surface area contributed by atoms with Gasteiger partial charge in [0, 0.05) is 6.54 Å². The van der Waals surface area contributed by atoms with Crippen LogP contribution in [0.2, 0.25) is 0 Å². The maximum Gasteiger partial charge on any atom is 0.331 e. The second-order valence-corrected chi connectivity index (χ2v) is 6.71. The van der Waals surface area contributed by atoms with E-state index in [1.54, 1.807) is 36.4 Å². The quantitative estimate of drug-likeness (QED) is 0.536. The lowest BCUT2D eigenvalue weighted by Crippen LogP contribution is -2.40. The number of aromatic nitrogens is 2. The predicted molar refractivity (Wildman–Crippen MR) is 108 cm³/mol. The molecule has 4 rings (SSSR count). The molecule has 4 nitrogen and oxygen atoms in total. The summed E-state index contributed by atoms with van der Waals surface area (Å²) < 4.78 is 16.4. The van der Waals surface area contributed by atoms with Crippen molar-refractivity contribution in [1.29, 1.82) is 0 Å². The van der Waals surface area contributed by atoms with Gasteiger partial charge in [0.2, 0.25) is 0 Å². The van der Waals surface area contributed by atoms with E-state index in [0.717, 1.165) is 5.56 Å². The minimum absolute atomic E-state index is 0.197. The Bertz CT molecular complexity index is 1240. The SMILES string of the molecule is O=c1c2ccccc2n(Cc2cccc(F)c2)c(=O)n1CCc1ccccc1. The summed E-state index contributed by atoms with van der Waals surface area (Å²) in [5, 5.41) is 0.478. The number of hydrogen-bond acceptors (Lipinski definition) is 2. The van der Waals surface area contributed by atoms with E-state index in [1.807, 2.05) is 30.3 Å². The highest BCUT2D eigenvalue weighted by Gasteiger charge is 2.13. The fourth-order valence-corrected chi connectivity index (χ4v) is 3.42. The monoisotopic (exact) mass is 374 g/mol. The van der Waals surface area contributed by atoms with E-state index in [4.69, 9.17) is 0 Å². The molecule has 0 fully saturated rings. The molecule has 0 aliphatic carbocycles. The highest BCUT2D eigenvalue weighted by Crippen LogP contribution is 2.11. The zero-order chi connectivity index (χ0) is 19.5. The summed E-state index contributed by atoms with van der Waals surface area (Å²) in [7, 11) is 0. The topological polar surface area (TPSA) is 44.0 Å². The highest BCUT2D eigenvalue weighted by molar-refractivity contribution is 5.77. The molecule has 0 aliphatic heterocycles. The molecule has 3 aromatic carbocycles. The van der Waals surface area contributed by atoms with Crippen molar-refractivity contribution in [2.45, 2.75) is 19.5 Å². The van der Waals surface area contributed by atoms with Crippen molar-refractivity contribution in [3.8, 4) is 0 Å². The Hall–Kier alpha value is -3.47. The molecule has 1 aromatic heterocycles. The van der Waals surface area contributed by atoms with Crippen LogP contribution in [0.5, 0.6) is 0 Å². The van der Waals surface area contributed by atoms with Crippen LogP contribution in [0, 0.1) is 5.82 Å². The highest BCUT2D eigenvalue weighted by atomic mass is 19.1. The maximum absolute atomic E-state index is 13.6. The molecule has 0 bridgehead atoms. The van der Waals surface area contributed by atoms with Crippen LogP contribution < -0.4 is 11.2 Å². The van der Waals surface area contributed by atoms with Crippen molar-refractivity contribution in [1.82, 2.24) is 9.13 Å². The van der Waals surface area contributed by atoms with E-state index >= 15 is 0 Å². The zero-order valence-electron chi connectivity index (χ0n) is 15.2. The number of benzene rings is 3. The van der Waals surface area contributed by atoms with Crippen molar-refractivity contribution >= 4 is 10.9 Å². The number of fused-ring (bicyclic) bond motifs is 1. The Kier molecular flexibility index (Phi) is 4.89. The molecule has 0 radical (unpaired) electrons. The lowest BCUT2D eigenvalue weighted by Gasteiger charge is -2.14. The van der Waals surface area contributed by atoms with Gasteiger partial charge in [-0.05, 0) is 41.8 Å². The van der Waals surface area contributed by atoms with Crippen LogP contribution in [0.3, 0.4) is 0 Å². The summed E-state index contributed by atoms with van der Waals surface area (Å²) in [5.74, 6) is -0.354. The summed E-state index contributed by atoms with van der Waals surface area (Å²) in [5.41, 5.74) is 1.59. The normalized spacial score (nSPS) is 11.0. The molecule has 0 saturated heterocycles. The Morgan fingerprint density at radius 1 is 0.750 bits per heavy atom. The Morgan fingerprint density at radius 3 is 2.25 bits per heavy atom. The van der Waals surface area contributed by atoms with Gasteiger partial charge in [0.15, 0.2) is 0 Å². The minimum Gasteiger partial charge on any atom is -0.289 e. The summed E-state index contributed by atoms with van der Waals surface area (Å²) >= 11 is 0. The fraction of sp³-hybridized carbons (Fsp3) is 0.130. The molecule has 0 atom stereocenters. The number of aryl methyl sites for hydroxylation is 1. The van der Waals surface area contributed by atoms with Crippen LogP contribution in [0.1, 0.15) is 11.1 Å². The van der Waals surface area contributed by atoms with E-state index in [1.165, 1.54) is 21.3 Å². The first-order chi connectivity index (χ1) is 13.6. The summed E-state index contributed by atoms with van der Waals surface area (Å²) in [6, 6.07) is 22.9. The van der Waals surface area contributed by atoms with Crippen molar-refractivity contribution in [3.63, 3.8) is 0 Å². The molecule has 0 aliphatic rings. The van der Waals surface area contributed by atoms with E-state index < -0.39 is 0 Å². The van der Waals surface area contributed by atoms with Crippen LogP contribution in [-0.2, 0) is 19.5 Å². The van der Waals surface area contributed by atoms with E-state index in [-0.39, 0.29) is 30.2 Å². The molecule has 0 saturated carbocycles. The van der Waals surface area contributed by atoms with Gasteiger partial charge in [0.05, 0.1) is 17.4 Å². The number of rotatable bonds is 5. The van der Waals surface area contributed by atoms with Crippen LogP contribution in [0.15, 0.2) is 88.5 Å². The molecule has 0 amide bonds. The Labute approximate surface area is 161 Å². The van der Waals surface area contributed by atoms with Crippen molar-refractivity contribution in [3.05, 3.63) is 117 Å². The summed E-state index contributed by atoms with van der Waals surface area (Å²) in [6.45, 7) is 0.485. The molecule has 0 N–H and O–H groups in total. The number of halogens is 1. The first kappa shape index (κ1) is 17.9. The number of para-hydroxylation sites is 1. The van der Waals surface area contributed by atoms with Crippen molar-refractivity contribution in [2.24, 2.45) is 0 Å². The van der Waals surface area contributed by atoms with Gasteiger partial charge in [-0.3, -0.25) is 13.9 Å². The van der Waals surface area contributed by atoms with E-state index in [0.29, 0.717) is 22.9 Å². The molecular formula is C23H19FN2O2. The van der Waals surface area contributed by atoms with E-state index in [2.05, 4.69) is 0 Å².